The summed E-state index contributed by atoms with van der Waals surface area (Å²) in [6.07, 6.45) is 2.56. The van der Waals surface area contributed by atoms with Crippen molar-refractivity contribution in [2.75, 3.05) is 19.8 Å². The van der Waals surface area contributed by atoms with Crippen LogP contribution in [0.2, 0.25) is 0 Å². The molecule has 3 heteroatoms. The van der Waals surface area contributed by atoms with Gasteiger partial charge in [0.25, 0.3) is 0 Å². The van der Waals surface area contributed by atoms with Crippen molar-refractivity contribution in [2.45, 2.75) is 25.2 Å². The molecule has 2 heterocycles. The van der Waals surface area contributed by atoms with Gasteiger partial charge in [-0.3, -0.25) is 0 Å². The van der Waals surface area contributed by atoms with Gasteiger partial charge in [0.15, 0.2) is 0 Å². The highest BCUT2D eigenvalue weighted by Crippen LogP contribution is 2.62. The van der Waals surface area contributed by atoms with E-state index < -0.39 is 0 Å². The normalized spacial score (nSPS) is 26.0. The summed E-state index contributed by atoms with van der Waals surface area (Å²) in [5.41, 5.74) is 8.01. The highest BCUT2D eigenvalue weighted by atomic mass is 32.1. The second-order valence-corrected chi connectivity index (χ2v) is 5.91. The van der Waals surface area contributed by atoms with Crippen molar-refractivity contribution in [3.63, 3.8) is 0 Å². The predicted molar refractivity (Wildman–Crippen MR) is 62.3 cm³/mol. The average molecular weight is 223 g/mol. The molecule has 2 aliphatic rings. The highest BCUT2D eigenvalue weighted by molar-refractivity contribution is 7.10. The molecule has 1 saturated heterocycles. The predicted octanol–water partition coefficient (Wildman–Crippen LogP) is 2.06. The summed E-state index contributed by atoms with van der Waals surface area (Å²) in [7, 11) is 0. The second-order valence-electron chi connectivity index (χ2n) is 4.99. The van der Waals surface area contributed by atoms with Gasteiger partial charge >= 0.3 is 0 Å². The first-order valence-corrected chi connectivity index (χ1v) is 6.44. The summed E-state index contributed by atoms with van der Waals surface area (Å²) >= 11 is 1.88. The second kappa shape index (κ2) is 3.06. The van der Waals surface area contributed by atoms with Gasteiger partial charge in [0, 0.05) is 4.88 Å². The highest BCUT2D eigenvalue weighted by Gasteiger charge is 2.63. The van der Waals surface area contributed by atoms with Crippen LogP contribution in [0.25, 0.3) is 0 Å². The maximum absolute atomic E-state index is 5.97. The molecule has 0 unspecified atom stereocenters. The zero-order chi connectivity index (χ0) is 10.5. The van der Waals surface area contributed by atoms with Crippen LogP contribution in [0.3, 0.4) is 0 Å². The Labute approximate surface area is 94.4 Å². The largest absolute Gasteiger partial charge is 0.379 e. The molecule has 1 aromatic heterocycles. The van der Waals surface area contributed by atoms with Crippen molar-refractivity contribution >= 4 is 11.3 Å². The SMILES string of the molecule is Cc1ccsc1C1(C2(CN)CC2)COC1. The van der Waals surface area contributed by atoms with Crippen molar-refractivity contribution in [1.82, 2.24) is 0 Å². The van der Waals surface area contributed by atoms with Crippen LogP contribution in [0.5, 0.6) is 0 Å². The van der Waals surface area contributed by atoms with Crippen molar-refractivity contribution in [2.24, 2.45) is 11.1 Å². The monoisotopic (exact) mass is 223 g/mol. The molecule has 0 amide bonds. The topological polar surface area (TPSA) is 35.2 Å². The van der Waals surface area contributed by atoms with Gasteiger partial charge in [-0.1, -0.05) is 0 Å². The molecule has 3 rings (SSSR count). The number of hydrogen-bond acceptors (Lipinski definition) is 3. The molecule has 2 N–H and O–H groups in total. The van der Waals surface area contributed by atoms with Gasteiger partial charge in [-0.15, -0.1) is 11.3 Å². The standard InChI is InChI=1S/C12H17NOS/c1-9-2-5-15-10(9)12(7-14-8-12)11(6-13)3-4-11/h2,5H,3-4,6-8,13H2,1H3. The fraction of sp³-hybridized carbons (Fsp3) is 0.667. The number of nitrogens with two attached hydrogens (primary N) is 1. The van der Waals surface area contributed by atoms with E-state index >= 15 is 0 Å². The molecule has 1 saturated carbocycles. The molecule has 0 spiro atoms. The van der Waals surface area contributed by atoms with Crippen LogP contribution in [0.1, 0.15) is 23.3 Å². The average Bonchev–Trinajstić information content (AvgIpc) is 2.85. The van der Waals surface area contributed by atoms with Crippen LogP contribution in [0.4, 0.5) is 0 Å². The molecular formula is C12H17NOS. The molecule has 1 aliphatic carbocycles. The number of hydrogen-bond donors (Lipinski definition) is 1. The molecule has 0 bridgehead atoms. The van der Waals surface area contributed by atoms with E-state index in [4.69, 9.17) is 10.5 Å². The van der Waals surface area contributed by atoms with Crippen molar-refractivity contribution in [3.05, 3.63) is 21.9 Å². The Morgan fingerprint density at radius 1 is 1.47 bits per heavy atom. The van der Waals surface area contributed by atoms with E-state index in [-0.39, 0.29) is 5.41 Å². The Morgan fingerprint density at radius 2 is 2.20 bits per heavy atom. The van der Waals surface area contributed by atoms with Gasteiger partial charge in [0.1, 0.15) is 0 Å². The Balaban J connectivity index is 2.04. The molecule has 0 aromatic carbocycles. The zero-order valence-electron chi connectivity index (χ0n) is 9.08. The third kappa shape index (κ3) is 1.11. The van der Waals surface area contributed by atoms with Crippen LogP contribution in [-0.2, 0) is 10.2 Å². The molecule has 2 nitrogen and oxygen atoms in total. The van der Waals surface area contributed by atoms with Gasteiger partial charge in [-0.25, -0.2) is 0 Å². The maximum atomic E-state index is 5.97. The van der Waals surface area contributed by atoms with E-state index in [2.05, 4.69) is 18.4 Å². The number of ether oxygens (including phenoxy) is 1. The molecular weight excluding hydrogens is 206 g/mol. The van der Waals surface area contributed by atoms with E-state index in [0.29, 0.717) is 5.41 Å². The van der Waals surface area contributed by atoms with Gasteiger partial charge in [0.05, 0.1) is 18.6 Å². The fourth-order valence-corrected chi connectivity index (χ4v) is 4.10. The fourth-order valence-electron chi connectivity index (χ4n) is 2.88. The summed E-state index contributed by atoms with van der Waals surface area (Å²) in [6.45, 7) is 4.78. The van der Waals surface area contributed by atoms with E-state index in [1.807, 2.05) is 11.3 Å². The minimum Gasteiger partial charge on any atom is -0.379 e. The molecule has 0 atom stereocenters. The number of aryl methyl sites for hydroxylation is 1. The maximum Gasteiger partial charge on any atom is 0.0599 e. The molecule has 1 aromatic rings. The summed E-state index contributed by atoms with van der Waals surface area (Å²) in [5, 5.41) is 2.19. The first-order chi connectivity index (χ1) is 7.24. The first-order valence-electron chi connectivity index (χ1n) is 5.57. The Kier molecular flexibility index (Phi) is 2.00. The molecule has 2 fully saturated rings. The van der Waals surface area contributed by atoms with Crippen molar-refractivity contribution in [1.29, 1.82) is 0 Å². The summed E-state index contributed by atoms with van der Waals surface area (Å²) in [6, 6.07) is 2.21. The lowest BCUT2D eigenvalue weighted by Crippen LogP contribution is -2.55. The number of rotatable bonds is 3. The minimum atomic E-state index is 0.264. The quantitative estimate of drug-likeness (QED) is 0.851. The molecule has 15 heavy (non-hydrogen) atoms. The number of thiophene rings is 1. The molecule has 0 radical (unpaired) electrons. The van der Waals surface area contributed by atoms with Crippen LogP contribution >= 0.6 is 11.3 Å². The van der Waals surface area contributed by atoms with Crippen molar-refractivity contribution < 1.29 is 4.74 Å². The van der Waals surface area contributed by atoms with E-state index in [1.54, 1.807) is 0 Å². The Morgan fingerprint density at radius 3 is 2.53 bits per heavy atom. The third-order valence-electron chi connectivity index (χ3n) is 4.25. The van der Waals surface area contributed by atoms with Crippen LogP contribution in [0.15, 0.2) is 11.4 Å². The van der Waals surface area contributed by atoms with Crippen molar-refractivity contribution in [3.8, 4) is 0 Å². The summed E-state index contributed by atoms with van der Waals surface area (Å²) in [4.78, 5) is 1.52. The lowest BCUT2D eigenvalue weighted by atomic mass is 9.68. The Hall–Kier alpha value is -0.380. The lowest BCUT2D eigenvalue weighted by molar-refractivity contribution is -0.0956. The Bertz CT molecular complexity index is 377. The summed E-state index contributed by atoms with van der Waals surface area (Å²) in [5.74, 6) is 0. The smallest absolute Gasteiger partial charge is 0.0599 e. The third-order valence-corrected chi connectivity index (χ3v) is 5.47. The van der Waals surface area contributed by atoms with Gasteiger partial charge in [-0.2, -0.15) is 0 Å². The van der Waals surface area contributed by atoms with Crippen LogP contribution in [-0.4, -0.2) is 19.8 Å². The van der Waals surface area contributed by atoms with E-state index in [1.165, 1.54) is 23.3 Å². The van der Waals surface area contributed by atoms with Gasteiger partial charge < -0.3 is 10.5 Å². The van der Waals surface area contributed by atoms with Crippen LogP contribution < -0.4 is 5.73 Å². The minimum absolute atomic E-state index is 0.264. The molecule has 1 aliphatic heterocycles. The lowest BCUT2D eigenvalue weighted by Gasteiger charge is -2.47. The van der Waals surface area contributed by atoms with E-state index in [9.17, 15) is 0 Å². The molecule has 82 valence electrons. The first kappa shape index (κ1) is 9.82. The zero-order valence-corrected chi connectivity index (χ0v) is 9.90. The van der Waals surface area contributed by atoms with Crippen LogP contribution in [0, 0.1) is 12.3 Å². The summed E-state index contributed by atoms with van der Waals surface area (Å²) < 4.78 is 5.50. The van der Waals surface area contributed by atoms with E-state index in [0.717, 1.165) is 19.8 Å². The van der Waals surface area contributed by atoms with Gasteiger partial charge in [0.2, 0.25) is 0 Å². The van der Waals surface area contributed by atoms with Gasteiger partial charge in [-0.05, 0) is 48.7 Å².